The van der Waals surface area contributed by atoms with Crippen LogP contribution < -0.4 is 19.1 Å². The SMILES string of the molecule is COc1ccc([C@H](C)NS(=O)(=O)c2ccc(N3CCCC3=O)cc2)cc1OC. The molecule has 0 bridgehead atoms. The number of ether oxygens (including phenoxy) is 2. The van der Waals surface area contributed by atoms with Gasteiger partial charge in [0.2, 0.25) is 15.9 Å². The third-order valence-electron chi connectivity index (χ3n) is 4.77. The highest BCUT2D eigenvalue weighted by molar-refractivity contribution is 7.89. The molecular weight excluding hydrogens is 380 g/mol. The summed E-state index contributed by atoms with van der Waals surface area (Å²) in [6, 6.07) is 11.2. The van der Waals surface area contributed by atoms with Crippen LogP contribution in [0.25, 0.3) is 0 Å². The standard InChI is InChI=1S/C20H24N2O5S/c1-14(15-6-11-18(26-2)19(13-15)27-3)21-28(24,25)17-9-7-16(8-10-17)22-12-4-5-20(22)23/h6-11,13-14,21H,4-5,12H2,1-3H3/t14-/m0/s1. The second-order valence-corrected chi connectivity index (χ2v) is 8.31. The maximum Gasteiger partial charge on any atom is 0.241 e. The Hall–Kier alpha value is -2.58. The van der Waals surface area contributed by atoms with E-state index < -0.39 is 16.1 Å². The molecule has 0 radical (unpaired) electrons. The van der Waals surface area contributed by atoms with E-state index in [0.717, 1.165) is 17.7 Å². The molecule has 8 heteroatoms. The lowest BCUT2D eigenvalue weighted by molar-refractivity contribution is -0.117. The molecule has 7 nitrogen and oxygen atoms in total. The van der Waals surface area contributed by atoms with Gasteiger partial charge in [0.25, 0.3) is 0 Å². The number of methoxy groups -OCH3 is 2. The molecule has 1 atom stereocenters. The second kappa shape index (κ2) is 8.20. The number of amides is 1. The minimum absolute atomic E-state index is 0.0656. The molecule has 1 fully saturated rings. The van der Waals surface area contributed by atoms with Crippen molar-refractivity contribution < 1.29 is 22.7 Å². The van der Waals surface area contributed by atoms with Crippen LogP contribution in [-0.4, -0.2) is 35.1 Å². The fourth-order valence-electron chi connectivity index (χ4n) is 3.22. The quantitative estimate of drug-likeness (QED) is 0.767. The average molecular weight is 404 g/mol. The lowest BCUT2D eigenvalue weighted by Gasteiger charge is -2.18. The largest absolute Gasteiger partial charge is 0.493 e. The van der Waals surface area contributed by atoms with E-state index in [4.69, 9.17) is 9.47 Å². The number of anilines is 1. The van der Waals surface area contributed by atoms with Gasteiger partial charge in [-0.1, -0.05) is 6.07 Å². The zero-order valence-electron chi connectivity index (χ0n) is 16.1. The third-order valence-corrected chi connectivity index (χ3v) is 6.33. The van der Waals surface area contributed by atoms with E-state index in [1.54, 1.807) is 49.3 Å². The molecule has 1 amide bonds. The first-order chi connectivity index (χ1) is 13.4. The summed E-state index contributed by atoms with van der Waals surface area (Å²) in [5.41, 5.74) is 1.47. The predicted molar refractivity (Wildman–Crippen MR) is 106 cm³/mol. The van der Waals surface area contributed by atoms with E-state index in [2.05, 4.69) is 4.72 Å². The zero-order chi connectivity index (χ0) is 20.3. The van der Waals surface area contributed by atoms with Crippen molar-refractivity contribution in [3.63, 3.8) is 0 Å². The molecule has 0 saturated carbocycles. The summed E-state index contributed by atoms with van der Waals surface area (Å²) in [4.78, 5) is 13.7. The number of sulfonamides is 1. The van der Waals surface area contributed by atoms with Gasteiger partial charge in [0.05, 0.1) is 19.1 Å². The Labute approximate surface area is 165 Å². The minimum atomic E-state index is -3.72. The molecular formula is C20H24N2O5S. The molecule has 28 heavy (non-hydrogen) atoms. The molecule has 1 N–H and O–H groups in total. The lowest BCUT2D eigenvalue weighted by atomic mass is 10.1. The molecule has 2 aromatic carbocycles. The average Bonchev–Trinajstić information content (AvgIpc) is 3.13. The van der Waals surface area contributed by atoms with Gasteiger partial charge in [-0.3, -0.25) is 4.79 Å². The van der Waals surface area contributed by atoms with Crippen LogP contribution in [0.15, 0.2) is 47.4 Å². The van der Waals surface area contributed by atoms with Gasteiger partial charge in [0.1, 0.15) is 0 Å². The number of nitrogens with zero attached hydrogens (tertiary/aromatic N) is 1. The summed E-state index contributed by atoms with van der Waals surface area (Å²) in [5.74, 6) is 1.18. The maximum absolute atomic E-state index is 12.7. The van der Waals surface area contributed by atoms with Crippen molar-refractivity contribution in [1.82, 2.24) is 4.72 Å². The van der Waals surface area contributed by atoms with Crippen molar-refractivity contribution in [2.75, 3.05) is 25.7 Å². The molecule has 0 aromatic heterocycles. The Kier molecular flexibility index (Phi) is 5.90. The van der Waals surface area contributed by atoms with Crippen LogP contribution in [0.4, 0.5) is 5.69 Å². The van der Waals surface area contributed by atoms with E-state index in [0.29, 0.717) is 24.5 Å². The summed E-state index contributed by atoms with van der Waals surface area (Å²) in [7, 11) is -0.647. The van der Waals surface area contributed by atoms with Crippen molar-refractivity contribution >= 4 is 21.6 Å². The summed E-state index contributed by atoms with van der Waals surface area (Å²) >= 11 is 0. The highest BCUT2D eigenvalue weighted by Gasteiger charge is 2.23. The maximum atomic E-state index is 12.7. The fraction of sp³-hybridized carbons (Fsp3) is 0.350. The third kappa shape index (κ3) is 4.13. The molecule has 1 heterocycles. The van der Waals surface area contributed by atoms with Crippen molar-refractivity contribution in [1.29, 1.82) is 0 Å². The molecule has 2 aromatic rings. The van der Waals surface area contributed by atoms with E-state index in [-0.39, 0.29) is 10.8 Å². The van der Waals surface area contributed by atoms with Crippen LogP contribution in [0.1, 0.15) is 31.4 Å². The first-order valence-electron chi connectivity index (χ1n) is 9.00. The van der Waals surface area contributed by atoms with Crippen LogP contribution in [0.3, 0.4) is 0 Å². The number of benzene rings is 2. The van der Waals surface area contributed by atoms with Crippen molar-refractivity contribution in [2.24, 2.45) is 0 Å². The van der Waals surface area contributed by atoms with Gasteiger partial charge in [-0.05, 0) is 55.3 Å². The molecule has 3 rings (SSSR count). The number of hydrogen-bond donors (Lipinski definition) is 1. The molecule has 1 saturated heterocycles. The molecule has 1 aliphatic heterocycles. The number of hydrogen-bond acceptors (Lipinski definition) is 5. The predicted octanol–water partition coefficient (Wildman–Crippen LogP) is 2.87. The topological polar surface area (TPSA) is 84.9 Å². The minimum Gasteiger partial charge on any atom is -0.493 e. The van der Waals surface area contributed by atoms with Crippen LogP contribution in [0.2, 0.25) is 0 Å². The van der Waals surface area contributed by atoms with Gasteiger partial charge in [-0.2, -0.15) is 0 Å². The molecule has 1 aliphatic rings. The summed E-state index contributed by atoms with van der Waals surface area (Å²) in [6.07, 6.45) is 1.35. The van der Waals surface area contributed by atoms with Gasteiger partial charge < -0.3 is 14.4 Å². The highest BCUT2D eigenvalue weighted by atomic mass is 32.2. The number of carbonyl (C=O) groups excluding carboxylic acids is 1. The summed E-state index contributed by atoms with van der Waals surface area (Å²) in [6.45, 7) is 2.43. The Bertz CT molecular complexity index is 957. The fourth-order valence-corrected chi connectivity index (χ4v) is 4.45. The Morgan fingerprint density at radius 2 is 1.71 bits per heavy atom. The van der Waals surface area contributed by atoms with Crippen molar-refractivity contribution in [2.45, 2.75) is 30.7 Å². The molecule has 0 spiro atoms. The lowest BCUT2D eigenvalue weighted by Crippen LogP contribution is -2.27. The second-order valence-electron chi connectivity index (χ2n) is 6.60. The summed E-state index contributed by atoms with van der Waals surface area (Å²) in [5, 5.41) is 0. The van der Waals surface area contributed by atoms with Gasteiger partial charge in [-0.15, -0.1) is 0 Å². The number of nitrogens with one attached hydrogen (secondary N) is 1. The molecule has 0 unspecified atom stereocenters. The molecule has 150 valence electrons. The Morgan fingerprint density at radius 1 is 1.04 bits per heavy atom. The smallest absolute Gasteiger partial charge is 0.241 e. The number of carbonyl (C=O) groups is 1. The van der Waals surface area contributed by atoms with Crippen LogP contribution in [0, 0.1) is 0 Å². The van der Waals surface area contributed by atoms with E-state index in [1.165, 1.54) is 19.2 Å². The van der Waals surface area contributed by atoms with Gasteiger partial charge in [0.15, 0.2) is 11.5 Å². The van der Waals surface area contributed by atoms with Crippen LogP contribution >= 0.6 is 0 Å². The number of rotatable bonds is 7. The first-order valence-corrected chi connectivity index (χ1v) is 10.5. The van der Waals surface area contributed by atoms with Gasteiger partial charge in [-0.25, -0.2) is 13.1 Å². The van der Waals surface area contributed by atoms with Gasteiger partial charge in [0, 0.05) is 24.7 Å². The Morgan fingerprint density at radius 3 is 2.29 bits per heavy atom. The normalized spacial score (nSPS) is 15.5. The Balaban J connectivity index is 1.76. The van der Waals surface area contributed by atoms with E-state index in [1.807, 2.05) is 0 Å². The summed E-state index contributed by atoms with van der Waals surface area (Å²) < 4.78 is 38.6. The first kappa shape index (κ1) is 20.2. The van der Waals surface area contributed by atoms with Crippen molar-refractivity contribution in [3.8, 4) is 11.5 Å². The van der Waals surface area contributed by atoms with Crippen molar-refractivity contribution in [3.05, 3.63) is 48.0 Å². The van der Waals surface area contributed by atoms with E-state index >= 15 is 0 Å². The zero-order valence-corrected chi connectivity index (χ0v) is 17.0. The van der Waals surface area contributed by atoms with Gasteiger partial charge >= 0.3 is 0 Å². The monoisotopic (exact) mass is 404 g/mol. The van der Waals surface area contributed by atoms with Crippen LogP contribution in [-0.2, 0) is 14.8 Å². The van der Waals surface area contributed by atoms with Crippen LogP contribution in [0.5, 0.6) is 11.5 Å². The molecule has 0 aliphatic carbocycles. The van der Waals surface area contributed by atoms with E-state index in [9.17, 15) is 13.2 Å². The highest BCUT2D eigenvalue weighted by Crippen LogP contribution is 2.30.